The van der Waals surface area contributed by atoms with E-state index in [0.717, 1.165) is 11.1 Å². The number of aromatic amines is 1. The zero-order chi connectivity index (χ0) is 17.2. The van der Waals surface area contributed by atoms with E-state index in [4.69, 9.17) is 0 Å². The zero-order valence-corrected chi connectivity index (χ0v) is 13.3. The van der Waals surface area contributed by atoms with Crippen molar-refractivity contribution in [3.05, 3.63) is 59.7 Å². The van der Waals surface area contributed by atoms with Crippen molar-refractivity contribution in [3.63, 3.8) is 0 Å². The minimum atomic E-state index is -0.177. The fourth-order valence-electron chi connectivity index (χ4n) is 2.82. The summed E-state index contributed by atoms with van der Waals surface area (Å²) in [6.45, 7) is 0. The lowest BCUT2D eigenvalue weighted by molar-refractivity contribution is -0.124. The molecule has 1 aliphatic carbocycles. The predicted molar refractivity (Wildman–Crippen MR) is 91.0 cm³/mol. The van der Waals surface area contributed by atoms with Gasteiger partial charge >= 0.3 is 0 Å². The van der Waals surface area contributed by atoms with Gasteiger partial charge in [-0.2, -0.15) is 5.21 Å². The van der Waals surface area contributed by atoms with Gasteiger partial charge in [0.2, 0.25) is 5.82 Å². The summed E-state index contributed by atoms with van der Waals surface area (Å²) in [6.07, 6.45) is 1.22. The highest BCUT2D eigenvalue weighted by atomic mass is 16.1. The smallest absolute Gasteiger partial charge is 0.255 e. The molecule has 7 nitrogen and oxygen atoms in total. The largest absolute Gasteiger partial charge is 0.322 e. The Hall–Kier alpha value is -3.35. The molecule has 1 saturated carbocycles. The average Bonchev–Trinajstić information content (AvgIpc) is 3.14. The second-order valence-electron chi connectivity index (χ2n) is 6.03. The molecule has 0 saturated heterocycles. The van der Waals surface area contributed by atoms with Crippen molar-refractivity contribution in [1.29, 1.82) is 0 Å². The number of carbonyl (C=O) groups excluding carboxylic acids is 2. The Balaban J connectivity index is 1.42. The van der Waals surface area contributed by atoms with E-state index in [0.29, 0.717) is 41.6 Å². The van der Waals surface area contributed by atoms with Crippen molar-refractivity contribution in [2.75, 3.05) is 5.32 Å². The van der Waals surface area contributed by atoms with E-state index in [1.165, 1.54) is 0 Å². The third kappa shape index (κ3) is 3.16. The van der Waals surface area contributed by atoms with E-state index in [1.807, 2.05) is 24.3 Å². The number of ketones is 1. The fourth-order valence-corrected chi connectivity index (χ4v) is 2.82. The summed E-state index contributed by atoms with van der Waals surface area (Å²) in [4.78, 5) is 23.4. The van der Waals surface area contributed by atoms with Crippen molar-refractivity contribution >= 4 is 17.4 Å². The molecule has 0 bridgehead atoms. The molecular formula is C18H15N5O2. The molecule has 1 fully saturated rings. The molecule has 4 rings (SSSR count). The molecule has 0 atom stereocenters. The quantitative estimate of drug-likeness (QED) is 0.764. The second-order valence-corrected chi connectivity index (χ2v) is 6.03. The van der Waals surface area contributed by atoms with Crippen molar-refractivity contribution < 1.29 is 9.59 Å². The first-order valence-electron chi connectivity index (χ1n) is 7.96. The summed E-state index contributed by atoms with van der Waals surface area (Å²) in [5.74, 6) is 0.935. The zero-order valence-electron chi connectivity index (χ0n) is 13.3. The molecule has 0 spiro atoms. The van der Waals surface area contributed by atoms with E-state index in [-0.39, 0.29) is 5.91 Å². The molecule has 1 aliphatic rings. The molecule has 7 heteroatoms. The Labute approximate surface area is 143 Å². The van der Waals surface area contributed by atoms with Gasteiger partial charge in [0.25, 0.3) is 5.91 Å². The normalized spacial score (nSPS) is 14.2. The number of tetrazole rings is 1. The van der Waals surface area contributed by atoms with Crippen LogP contribution < -0.4 is 5.32 Å². The molecule has 3 aromatic rings. The molecule has 0 aliphatic heterocycles. The van der Waals surface area contributed by atoms with Crippen LogP contribution >= 0.6 is 0 Å². The van der Waals surface area contributed by atoms with Crippen LogP contribution in [-0.4, -0.2) is 32.3 Å². The Bertz CT molecular complexity index is 894. The number of hydrogen-bond donors (Lipinski definition) is 2. The SMILES string of the molecule is O=C1CC(c2ccc(C(=O)Nc3ccc(-c4nn[nH]n4)cc3)cc2)C1. The van der Waals surface area contributed by atoms with Crippen LogP contribution in [-0.2, 0) is 4.79 Å². The molecule has 25 heavy (non-hydrogen) atoms. The maximum absolute atomic E-state index is 12.3. The summed E-state index contributed by atoms with van der Waals surface area (Å²) in [5, 5.41) is 16.6. The number of hydrogen-bond acceptors (Lipinski definition) is 5. The Morgan fingerprint density at radius 1 is 1.04 bits per heavy atom. The number of rotatable bonds is 4. The van der Waals surface area contributed by atoms with Gasteiger partial charge < -0.3 is 5.32 Å². The lowest BCUT2D eigenvalue weighted by Crippen LogP contribution is -2.21. The number of Topliss-reactive ketones (excluding diaryl/α,β-unsaturated/α-hetero) is 1. The van der Waals surface area contributed by atoms with Crippen LogP contribution in [0.3, 0.4) is 0 Å². The van der Waals surface area contributed by atoms with E-state index in [1.54, 1.807) is 24.3 Å². The minimum Gasteiger partial charge on any atom is -0.322 e. The first kappa shape index (κ1) is 15.2. The Kier molecular flexibility index (Phi) is 3.81. The lowest BCUT2D eigenvalue weighted by Gasteiger charge is -2.24. The molecule has 124 valence electrons. The third-order valence-electron chi connectivity index (χ3n) is 4.34. The van der Waals surface area contributed by atoms with Crippen molar-refractivity contribution in [3.8, 4) is 11.4 Å². The second kappa shape index (κ2) is 6.27. The van der Waals surface area contributed by atoms with E-state index in [9.17, 15) is 9.59 Å². The average molecular weight is 333 g/mol. The van der Waals surface area contributed by atoms with E-state index >= 15 is 0 Å². The van der Waals surface area contributed by atoms with Crippen LogP contribution in [0.5, 0.6) is 0 Å². The van der Waals surface area contributed by atoms with Gasteiger partial charge in [-0.3, -0.25) is 9.59 Å². The number of amides is 1. The summed E-state index contributed by atoms with van der Waals surface area (Å²) in [7, 11) is 0. The summed E-state index contributed by atoms with van der Waals surface area (Å²) >= 11 is 0. The van der Waals surface area contributed by atoms with Gasteiger partial charge in [0, 0.05) is 29.7 Å². The van der Waals surface area contributed by atoms with Gasteiger partial charge in [0.15, 0.2) is 0 Å². The number of aromatic nitrogens is 4. The van der Waals surface area contributed by atoms with Crippen LogP contribution in [0.4, 0.5) is 5.69 Å². The maximum Gasteiger partial charge on any atom is 0.255 e. The number of H-pyrrole nitrogens is 1. The van der Waals surface area contributed by atoms with Crippen LogP contribution in [0.1, 0.15) is 34.7 Å². The van der Waals surface area contributed by atoms with Crippen LogP contribution in [0, 0.1) is 0 Å². The fraction of sp³-hybridized carbons (Fsp3) is 0.167. The highest BCUT2D eigenvalue weighted by molar-refractivity contribution is 6.04. The summed E-state index contributed by atoms with van der Waals surface area (Å²) in [6, 6.07) is 14.6. The van der Waals surface area contributed by atoms with Crippen molar-refractivity contribution in [2.45, 2.75) is 18.8 Å². The number of benzene rings is 2. The van der Waals surface area contributed by atoms with Gasteiger partial charge in [0.1, 0.15) is 5.78 Å². The van der Waals surface area contributed by atoms with Gasteiger partial charge in [-0.05, 0) is 53.1 Å². The third-order valence-corrected chi connectivity index (χ3v) is 4.34. The molecule has 0 radical (unpaired) electrons. The van der Waals surface area contributed by atoms with Crippen LogP contribution in [0.25, 0.3) is 11.4 Å². The Morgan fingerprint density at radius 2 is 1.76 bits per heavy atom. The summed E-state index contributed by atoms with van der Waals surface area (Å²) in [5.41, 5.74) is 3.19. The molecular weight excluding hydrogens is 318 g/mol. The maximum atomic E-state index is 12.3. The number of carbonyl (C=O) groups is 2. The van der Waals surface area contributed by atoms with Gasteiger partial charge in [-0.15, -0.1) is 10.2 Å². The van der Waals surface area contributed by atoms with Crippen LogP contribution in [0.15, 0.2) is 48.5 Å². The predicted octanol–water partition coefficient (Wildman–Crippen LogP) is 2.57. The van der Waals surface area contributed by atoms with Crippen molar-refractivity contribution in [1.82, 2.24) is 20.6 Å². The Morgan fingerprint density at radius 3 is 2.36 bits per heavy atom. The molecule has 1 aromatic heterocycles. The number of nitrogens with zero attached hydrogens (tertiary/aromatic N) is 3. The first-order valence-corrected chi connectivity index (χ1v) is 7.96. The highest BCUT2D eigenvalue weighted by Gasteiger charge is 2.27. The first-order chi connectivity index (χ1) is 12.2. The van der Waals surface area contributed by atoms with Gasteiger partial charge in [-0.25, -0.2) is 0 Å². The van der Waals surface area contributed by atoms with E-state index in [2.05, 4.69) is 25.9 Å². The van der Waals surface area contributed by atoms with E-state index < -0.39 is 0 Å². The highest BCUT2D eigenvalue weighted by Crippen LogP contribution is 2.33. The summed E-state index contributed by atoms with van der Waals surface area (Å²) < 4.78 is 0. The lowest BCUT2D eigenvalue weighted by atomic mass is 9.79. The molecule has 2 N–H and O–H groups in total. The molecule has 0 unspecified atom stereocenters. The molecule has 1 heterocycles. The van der Waals surface area contributed by atoms with Gasteiger partial charge in [0.05, 0.1) is 0 Å². The standard InChI is InChI=1S/C18H15N5O2/c24-16-9-14(10-16)11-1-3-13(4-2-11)18(25)19-15-7-5-12(6-8-15)17-20-22-23-21-17/h1-8,14H,9-10H2,(H,19,25)(H,20,21,22,23). The number of nitrogens with one attached hydrogen (secondary N) is 2. The van der Waals surface area contributed by atoms with Crippen molar-refractivity contribution in [2.24, 2.45) is 0 Å². The topological polar surface area (TPSA) is 101 Å². The van der Waals surface area contributed by atoms with Crippen LogP contribution in [0.2, 0.25) is 0 Å². The minimum absolute atomic E-state index is 0.177. The molecule has 1 amide bonds. The molecule has 2 aromatic carbocycles. The number of anilines is 1. The van der Waals surface area contributed by atoms with Gasteiger partial charge in [-0.1, -0.05) is 12.1 Å². The monoisotopic (exact) mass is 333 g/mol.